The third kappa shape index (κ3) is 3.72. The normalized spacial score (nSPS) is 12.1. The molecule has 3 N–H and O–H groups in total. The second-order valence-electron chi connectivity index (χ2n) is 1.87. The molecule has 0 aromatic carbocycles. The molecule has 0 aromatic heterocycles. The predicted molar refractivity (Wildman–Crippen MR) is 47.2 cm³/mol. The van der Waals surface area contributed by atoms with Crippen LogP contribution in [0.5, 0.6) is 0 Å². The summed E-state index contributed by atoms with van der Waals surface area (Å²) < 4.78 is 0. The lowest BCUT2D eigenvalue weighted by atomic mass is 10.4. The van der Waals surface area contributed by atoms with Gasteiger partial charge in [-0.05, 0) is 6.92 Å². The zero-order valence-electron chi connectivity index (χ0n) is 6.33. The SMILES string of the molecule is C=CCS/C(C)=C(/N)C(=O)O. The summed E-state index contributed by atoms with van der Waals surface area (Å²) in [5.41, 5.74) is 5.14. The van der Waals surface area contributed by atoms with Gasteiger partial charge in [0.1, 0.15) is 5.70 Å². The number of carbonyl (C=O) groups is 1. The van der Waals surface area contributed by atoms with Crippen molar-refractivity contribution in [3.63, 3.8) is 0 Å². The third-order valence-corrected chi connectivity index (χ3v) is 2.08. The first-order chi connectivity index (χ1) is 5.09. The molecule has 0 fully saturated rings. The Morgan fingerprint density at radius 3 is 2.73 bits per heavy atom. The molecule has 0 unspecified atom stereocenters. The molecule has 4 heteroatoms. The molecule has 0 rings (SSSR count). The first kappa shape index (κ1) is 10.1. The minimum atomic E-state index is -1.07. The average Bonchev–Trinajstić information content (AvgIpc) is 1.98. The second-order valence-corrected chi connectivity index (χ2v) is 3.11. The van der Waals surface area contributed by atoms with E-state index in [1.54, 1.807) is 13.0 Å². The minimum absolute atomic E-state index is 0.0862. The molecule has 0 aromatic rings. The highest BCUT2D eigenvalue weighted by Crippen LogP contribution is 2.16. The Balaban J connectivity index is 4.15. The molecule has 0 aliphatic carbocycles. The Labute approximate surface area is 70.0 Å². The Bertz CT molecular complexity index is 199. The highest BCUT2D eigenvalue weighted by atomic mass is 32.2. The lowest BCUT2D eigenvalue weighted by Gasteiger charge is -1.99. The fourth-order valence-electron chi connectivity index (χ4n) is 0.412. The summed E-state index contributed by atoms with van der Waals surface area (Å²) in [4.78, 5) is 10.9. The number of carboxylic acid groups (broad SMARTS) is 1. The lowest BCUT2D eigenvalue weighted by Crippen LogP contribution is -2.11. The van der Waals surface area contributed by atoms with Crippen LogP contribution < -0.4 is 5.73 Å². The maximum Gasteiger partial charge on any atom is 0.352 e. The standard InChI is InChI=1S/C7H11NO2S/c1-3-4-11-5(2)6(8)7(9)10/h3H,1,4,8H2,2H3,(H,9,10)/b6-5+. The number of rotatable bonds is 4. The molecule has 0 aliphatic heterocycles. The highest BCUT2D eigenvalue weighted by molar-refractivity contribution is 8.03. The van der Waals surface area contributed by atoms with E-state index in [2.05, 4.69) is 6.58 Å². The molecule has 0 aliphatic rings. The van der Waals surface area contributed by atoms with Crippen molar-refractivity contribution in [1.29, 1.82) is 0 Å². The van der Waals surface area contributed by atoms with E-state index in [0.717, 1.165) is 0 Å². The minimum Gasteiger partial charge on any atom is -0.477 e. The third-order valence-electron chi connectivity index (χ3n) is 1.03. The maximum atomic E-state index is 10.3. The fourth-order valence-corrected chi connectivity index (χ4v) is 1.02. The Morgan fingerprint density at radius 2 is 2.36 bits per heavy atom. The van der Waals surface area contributed by atoms with Crippen LogP contribution in [0.4, 0.5) is 0 Å². The zero-order valence-corrected chi connectivity index (χ0v) is 7.15. The number of thioether (sulfide) groups is 1. The van der Waals surface area contributed by atoms with Crippen molar-refractivity contribution >= 4 is 17.7 Å². The first-order valence-electron chi connectivity index (χ1n) is 3.03. The summed E-state index contributed by atoms with van der Waals surface area (Å²) in [7, 11) is 0. The molecule has 0 amide bonds. The fraction of sp³-hybridized carbons (Fsp3) is 0.286. The maximum absolute atomic E-state index is 10.3. The zero-order chi connectivity index (χ0) is 8.85. The molecule has 0 saturated heterocycles. The number of allylic oxidation sites excluding steroid dienone is 1. The monoisotopic (exact) mass is 173 g/mol. The van der Waals surface area contributed by atoms with Crippen LogP contribution in [-0.4, -0.2) is 16.8 Å². The van der Waals surface area contributed by atoms with E-state index in [9.17, 15) is 4.79 Å². The van der Waals surface area contributed by atoms with Crippen molar-refractivity contribution in [3.8, 4) is 0 Å². The molecule has 0 radical (unpaired) electrons. The summed E-state index contributed by atoms with van der Waals surface area (Å²) in [5.74, 6) is -0.390. The van der Waals surface area contributed by atoms with Crippen molar-refractivity contribution in [2.45, 2.75) is 6.92 Å². The number of hydrogen-bond donors (Lipinski definition) is 2. The van der Waals surface area contributed by atoms with E-state index in [0.29, 0.717) is 10.7 Å². The van der Waals surface area contributed by atoms with Crippen LogP contribution in [0.25, 0.3) is 0 Å². The molecule has 3 nitrogen and oxygen atoms in total. The van der Waals surface area contributed by atoms with Crippen molar-refractivity contribution in [2.24, 2.45) is 5.73 Å². The molecule has 0 saturated carbocycles. The van der Waals surface area contributed by atoms with Gasteiger partial charge >= 0.3 is 5.97 Å². The molecular weight excluding hydrogens is 162 g/mol. The van der Waals surface area contributed by atoms with Gasteiger partial charge in [-0.15, -0.1) is 18.3 Å². The molecule has 62 valence electrons. The summed E-state index contributed by atoms with van der Waals surface area (Å²) in [6.45, 7) is 5.18. The average molecular weight is 173 g/mol. The number of nitrogens with two attached hydrogens (primary N) is 1. The molecule has 11 heavy (non-hydrogen) atoms. The topological polar surface area (TPSA) is 63.3 Å². The molecule has 0 spiro atoms. The van der Waals surface area contributed by atoms with E-state index in [1.807, 2.05) is 0 Å². The van der Waals surface area contributed by atoms with Crippen LogP contribution in [0, 0.1) is 0 Å². The molecular formula is C7H11NO2S. The van der Waals surface area contributed by atoms with Gasteiger partial charge < -0.3 is 10.8 Å². The van der Waals surface area contributed by atoms with Gasteiger partial charge in [0, 0.05) is 10.7 Å². The van der Waals surface area contributed by atoms with Crippen LogP contribution in [-0.2, 0) is 4.79 Å². The summed E-state index contributed by atoms with van der Waals surface area (Å²) in [5, 5.41) is 8.43. The summed E-state index contributed by atoms with van der Waals surface area (Å²) in [6.07, 6.45) is 1.70. The van der Waals surface area contributed by atoms with Crippen LogP contribution in [0.15, 0.2) is 23.3 Å². The summed E-state index contributed by atoms with van der Waals surface area (Å²) >= 11 is 1.37. The van der Waals surface area contributed by atoms with Gasteiger partial charge in [-0.1, -0.05) is 6.08 Å². The lowest BCUT2D eigenvalue weighted by molar-refractivity contribution is -0.132. The van der Waals surface area contributed by atoms with Crippen molar-refractivity contribution in [2.75, 3.05) is 5.75 Å². The van der Waals surface area contributed by atoms with Crippen LogP contribution in [0.3, 0.4) is 0 Å². The number of aliphatic carboxylic acids is 1. The second kappa shape index (κ2) is 4.85. The molecule has 0 atom stereocenters. The van der Waals surface area contributed by atoms with E-state index in [1.165, 1.54) is 11.8 Å². The van der Waals surface area contributed by atoms with Crippen LogP contribution >= 0.6 is 11.8 Å². The Hall–Kier alpha value is -0.900. The van der Waals surface area contributed by atoms with Gasteiger partial charge in [0.05, 0.1) is 0 Å². The van der Waals surface area contributed by atoms with E-state index in [-0.39, 0.29) is 5.70 Å². The van der Waals surface area contributed by atoms with Crippen molar-refractivity contribution in [1.82, 2.24) is 0 Å². The van der Waals surface area contributed by atoms with Crippen LogP contribution in [0.1, 0.15) is 6.92 Å². The predicted octanol–water partition coefficient (Wildman–Crippen LogP) is 1.18. The van der Waals surface area contributed by atoms with Crippen LogP contribution in [0.2, 0.25) is 0 Å². The van der Waals surface area contributed by atoms with Gasteiger partial charge in [0.25, 0.3) is 0 Å². The Morgan fingerprint density at radius 1 is 1.82 bits per heavy atom. The van der Waals surface area contributed by atoms with Gasteiger partial charge in [0.2, 0.25) is 0 Å². The van der Waals surface area contributed by atoms with E-state index >= 15 is 0 Å². The van der Waals surface area contributed by atoms with Gasteiger partial charge in [0.15, 0.2) is 0 Å². The van der Waals surface area contributed by atoms with Crippen molar-refractivity contribution in [3.05, 3.63) is 23.3 Å². The Kier molecular flexibility index (Phi) is 4.45. The number of hydrogen-bond acceptors (Lipinski definition) is 3. The summed E-state index contributed by atoms with van der Waals surface area (Å²) in [6, 6.07) is 0. The smallest absolute Gasteiger partial charge is 0.352 e. The van der Waals surface area contributed by atoms with Gasteiger partial charge in [-0.25, -0.2) is 4.79 Å². The number of carboxylic acids is 1. The largest absolute Gasteiger partial charge is 0.477 e. The van der Waals surface area contributed by atoms with E-state index < -0.39 is 5.97 Å². The molecule has 0 heterocycles. The first-order valence-corrected chi connectivity index (χ1v) is 4.01. The quantitative estimate of drug-likeness (QED) is 0.495. The highest BCUT2D eigenvalue weighted by Gasteiger charge is 2.05. The van der Waals surface area contributed by atoms with E-state index in [4.69, 9.17) is 10.8 Å². The molecule has 0 bridgehead atoms. The van der Waals surface area contributed by atoms with Crippen molar-refractivity contribution < 1.29 is 9.90 Å². The van der Waals surface area contributed by atoms with Gasteiger partial charge in [-0.2, -0.15) is 0 Å². The van der Waals surface area contributed by atoms with Gasteiger partial charge in [-0.3, -0.25) is 0 Å².